The number of amides is 1. The molecule has 1 unspecified atom stereocenters. The molecule has 7 nitrogen and oxygen atoms in total. The molecule has 2 aromatic heterocycles. The summed E-state index contributed by atoms with van der Waals surface area (Å²) >= 11 is 0. The number of sulfone groups is 1. The minimum Gasteiger partial charge on any atom is -0.348 e. The first kappa shape index (κ1) is 24.2. The van der Waals surface area contributed by atoms with Crippen molar-refractivity contribution in [1.29, 1.82) is 0 Å². The van der Waals surface area contributed by atoms with Crippen molar-refractivity contribution in [2.75, 3.05) is 11.5 Å². The van der Waals surface area contributed by atoms with Gasteiger partial charge in [-0.1, -0.05) is 61.0 Å². The highest BCUT2D eigenvalue weighted by molar-refractivity contribution is 7.91. The van der Waals surface area contributed by atoms with Crippen molar-refractivity contribution < 1.29 is 13.2 Å². The second-order valence-electron chi connectivity index (χ2n) is 9.56. The van der Waals surface area contributed by atoms with Crippen LogP contribution in [0.25, 0.3) is 22.3 Å². The Hall–Kier alpha value is -3.52. The van der Waals surface area contributed by atoms with E-state index < -0.39 is 9.84 Å². The van der Waals surface area contributed by atoms with Gasteiger partial charge < -0.3 is 5.32 Å². The first-order chi connectivity index (χ1) is 17.2. The Morgan fingerprint density at radius 1 is 1.06 bits per heavy atom. The summed E-state index contributed by atoms with van der Waals surface area (Å²) in [5.41, 5.74) is 6.65. The molecule has 4 aromatic rings. The normalized spacial score (nSPS) is 16.9. The molecule has 36 heavy (non-hydrogen) atoms. The van der Waals surface area contributed by atoms with Crippen molar-refractivity contribution in [3.8, 4) is 11.3 Å². The number of aromatic nitrogens is 3. The van der Waals surface area contributed by atoms with Gasteiger partial charge in [0.05, 0.1) is 39.9 Å². The fraction of sp³-hybridized carbons (Fsp3) is 0.321. The van der Waals surface area contributed by atoms with E-state index in [-0.39, 0.29) is 23.5 Å². The number of aryl methyl sites for hydroxylation is 3. The second-order valence-corrected chi connectivity index (χ2v) is 11.8. The summed E-state index contributed by atoms with van der Waals surface area (Å²) in [5, 5.41) is 8.39. The van der Waals surface area contributed by atoms with Gasteiger partial charge in [-0.25, -0.2) is 18.1 Å². The summed E-state index contributed by atoms with van der Waals surface area (Å²) in [4.78, 5) is 18.4. The van der Waals surface area contributed by atoms with Gasteiger partial charge in [0.2, 0.25) is 0 Å². The van der Waals surface area contributed by atoms with Crippen LogP contribution in [-0.4, -0.2) is 40.6 Å². The van der Waals surface area contributed by atoms with E-state index in [1.54, 1.807) is 4.68 Å². The Kier molecular flexibility index (Phi) is 6.38. The minimum absolute atomic E-state index is 0.0370. The zero-order valence-corrected chi connectivity index (χ0v) is 21.6. The van der Waals surface area contributed by atoms with Crippen LogP contribution in [0.5, 0.6) is 0 Å². The van der Waals surface area contributed by atoms with E-state index >= 15 is 0 Å². The van der Waals surface area contributed by atoms with Crippen molar-refractivity contribution in [1.82, 2.24) is 20.1 Å². The molecule has 5 rings (SSSR count). The number of nitrogens with one attached hydrogen (secondary N) is 1. The lowest BCUT2D eigenvalue weighted by atomic mass is 10.0. The molecule has 0 radical (unpaired) electrons. The van der Waals surface area contributed by atoms with Gasteiger partial charge in [-0.2, -0.15) is 5.10 Å². The predicted molar refractivity (Wildman–Crippen MR) is 142 cm³/mol. The van der Waals surface area contributed by atoms with Crippen LogP contribution in [0.1, 0.15) is 52.1 Å². The fourth-order valence-electron chi connectivity index (χ4n) is 4.76. The average Bonchev–Trinajstić information content (AvgIpc) is 3.41. The quantitative estimate of drug-likeness (QED) is 0.417. The number of rotatable bonds is 6. The Balaban J connectivity index is 1.59. The van der Waals surface area contributed by atoms with E-state index in [1.807, 2.05) is 56.3 Å². The molecule has 1 aliphatic rings. The van der Waals surface area contributed by atoms with Gasteiger partial charge in [-0.3, -0.25) is 4.79 Å². The maximum Gasteiger partial charge on any atom is 0.252 e. The number of hydrogen-bond acceptors (Lipinski definition) is 5. The lowest BCUT2D eigenvalue weighted by Gasteiger charge is -2.13. The van der Waals surface area contributed by atoms with Gasteiger partial charge in [0, 0.05) is 12.1 Å². The lowest BCUT2D eigenvalue weighted by molar-refractivity contribution is 0.0952. The molecule has 0 aliphatic carbocycles. The molecule has 3 heterocycles. The van der Waals surface area contributed by atoms with Crippen molar-refractivity contribution >= 4 is 26.8 Å². The SMILES string of the molecule is CCc1ccc(-c2cc(C(=O)NCc3ccc(C)cc3)c3c(C)nn(C4CCS(=O)(=O)C4)c3n2)cc1. The molecular weight excluding hydrogens is 472 g/mol. The van der Waals surface area contributed by atoms with Gasteiger partial charge in [-0.15, -0.1) is 0 Å². The highest BCUT2D eigenvalue weighted by Crippen LogP contribution is 2.32. The third kappa shape index (κ3) is 4.78. The Labute approximate surface area is 211 Å². The van der Waals surface area contributed by atoms with Gasteiger partial charge >= 0.3 is 0 Å². The van der Waals surface area contributed by atoms with Crippen LogP contribution >= 0.6 is 0 Å². The van der Waals surface area contributed by atoms with Gasteiger partial charge in [0.25, 0.3) is 5.91 Å². The number of pyridine rings is 1. The monoisotopic (exact) mass is 502 g/mol. The van der Waals surface area contributed by atoms with Crippen LogP contribution in [-0.2, 0) is 22.8 Å². The lowest BCUT2D eigenvalue weighted by Crippen LogP contribution is -2.23. The first-order valence-electron chi connectivity index (χ1n) is 12.3. The number of carbonyl (C=O) groups excluding carboxylic acids is 1. The largest absolute Gasteiger partial charge is 0.348 e. The highest BCUT2D eigenvalue weighted by atomic mass is 32.2. The summed E-state index contributed by atoms with van der Waals surface area (Å²) in [6, 6.07) is 17.7. The molecule has 186 valence electrons. The third-order valence-electron chi connectivity index (χ3n) is 6.87. The smallest absolute Gasteiger partial charge is 0.252 e. The summed E-state index contributed by atoms with van der Waals surface area (Å²) in [5.74, 6) is -0.0359. The number of nitrogens with zero attached hydrogens (tertiary/aromatic N) is 3. The summed E-state index contributed by atoms with van der Waals surface area (Å²) in [7, 11) is -3.11. The van der Waals surface area contributed by atoms with E-state index in [0.717, 1.165) is 23.1 Å². The maximum absolute atomic E-state index is 13.5. The maximum atomic E-state index is 13.5. The van der Waals surface area contributed by atoms with Crippen LogP contribution in [0, 0.1) is 13.8 Å². The molecule has 1 fully saturated rings. The molecule has 1 amide bonds. The van der Waals surface area contributed by atoms with Crippen molar-refractivity contribution in [2.45, 2.75) is 46.2 Å². The van der Waals surface area contributed by atoms with Crippen molar-refractivity contribution in [3.63, 3.8) is 0 Å². The van der Waals surface area contributed by atoms with Gasteiger partial charge in [0.15, 0.2) is 15.5 Å². The molecule has 0 saturated carbocycles. The summed E-state index contributed by atoms with van der Waals surface area (Å²) < 4.78 is 26.1. The van der Waals surface area contributed by atoms with Crippen LogP contribution < -0.4 is 5.32 Å². The zero-order valence-electron chi connectivity index (χ0n) is 20.8. The van der Waals surface area contributed by atoms with E-state index in [0.29, 0.717) is 41.0 Å². The third-order valence-corrected chi connectivity index (χ3v) is 8.62. The number of fused-ring (bicyclic) bond motifs is 1. The van der Waals surface area contributed by atoms with E-state index in [4.69, 9.17) is 4.98 Å². The summed E-state index contributed by atoms with van der Waals surface area (Å²) in [6.45, 7) is 6.38. The topological polar surface area (TPSA) is 94.0 Å². The van der Waals surface area contributed by atoms with Crippen LogP contribution in [0.4, 0.5) is 0 Å². The van der Waals surface area contributed by atoms with E-state index in [1.165, 1.54) is 5.56 Å². The average molecular weight is 503 g/mol. The molecule has 1 saturated heterocycles. The van der Waals surface area contributed by atoms with Crippen molar-refractivity contribution in [2.24, 2.45) is 0 Å². The number of benzene rings is 2. The van der Waals surface area contributed by atoms with Crippen LogP contribution in [0.3, 0.4) is 0 Å². The molecule has 0 spiro atoms. The Morgan fingerprint density at radius 3 is 2.39 bits per heavy atom. The number of hydrogen-bond donors (Lipinski definition) is 1. The molecule has 2 aromatic carbocycles. The first-order valence-corrected chi connectivity index (χ1v) is 14.1. The second kappa shape index (κ2) is 9.50. The summed E-state index contributed by atoms with van der Waals surface area (Å²) in [6.07, 6.45) is 1.42. The van der Waals surface area contributed by atoms with Crippen molar-refractivity contribution in [3.05, 3.63) is 82.5 Å². The fourth-order valence-corrected chi connectivity index (χ4v) is 6.45. The highest BCUT2D eigenvalue weighted by Gasteiger charge is 2.32. The zero-order chi connectivity index (χ0) is 25.4. The molecule has 8 heteroatoms. The van der Waals surface area contributed by atoms with E-state index in [2.05, 4.69) is 29.5 Å². The predicted octanol–water partition coefficient (Wildman–Crippen LogP) is 4.57. The van der Waals surface area contributed by atoms with Crippen LogP contribution in [0.2, 0.25) is 0 Å². The number of carbonyl (C=O) groups is 1. The Bertz CT molecular complexity index is 1540. The molecule has 1 N–H and O–H groups in total. The standard InChI is InChI=1S/C28H30N4O3S/c1-4-20-9-11-22(12-10-20)25-15-24(28(33)29-16-21-7-5-18(2)6-8-21)26-19(3)31-32(27(26)30-25)23-13-14-36(34,35)17-23/h5-12,15,23H,4,13-14,16-17H2,1-3H3,(H,29,33). The van der Waals surface area contributed by atoms with Gasteiger partial charge in [0.1, 0.15) is 0 Å². The van der Waals surface area contributed by atoms with E-state index in [9.17, 15) is 13.2 Å². The molecular formula is C28H30N4O3S. The Morgan fingerprint density at radius 2 is 1.75 bits per heavy atom. The minimum atomic E-state index is -3.11. The molecule has 1 atom stereocenters. The van der Waals surface area contributed by atoms with Gasteiger partial charge in [-0.05, 0) is 43.9 Å². The molecule has 0 bridgehead atoms. The van der Waals surface area contributed by atoms with Crippen LogP contribution in [0.15, 0.2) is 54.6 Å². The molecule has 1 aliphatic heterocycles.